The van der Waals surface area contributed by atoms with E-state index in [2.05, 4.69) is 53.3 Å². The quantitative estimate of drug-likeness (QED) is 0.875. The third-order valence-electron chi connectivity index (χ3n) is 4.53. The lowest BCUT2D eigenvalue weighted by molar-refractivity contribution is 0.122. The van der Waals surface area contributed by atoms with E-state index in [0.29, 0.717) is 0 Å². The molecule has 0 bridgehead atoms. The Hall–Kier alpha value is -2.11. The van der Waals surface area contributed by atoms with E-state index in [1.165, 1.54) is 22.3 Å². The molecule has 2 heterocycles. The molecule has 1 fully saturated rings. The van der Waals surface area contributed by atoms with Crippen LogP contribution in [0.5, 0.6) is 5.75 Å². The summed E-state index contributed by atoms with van der Waals surface area (Å²) < 4.78 is 10.8. The first-order valence-corrected chi connectivity index (χ1v) is 8.80. The van der Waals surface area contributed by atoms with E-state index in [1.807, 2.05) is 6.20 Å². The van der Waals surface area contributed by atoms with Crippen LogP contribution in [0.15, 0.2) is 30.5 Å². The van der Waals surface area contributed by atoms with Gasteiger partial charge in [0.15, 0.2) is 0 Å². The van der Waals surface area contributed by atoms with Gasteiger partial charge in [-0.25, -0.2) is 4.98 Å². The molecule has 1 aliphatic rings. The zero-order valence-corrected chi connectivity index (χ0v) is 15.3. The Morgan fingerprint density at radius 2 is 1.76 bits per heavy atom. The summed E-state index contributed by atoms with van der Waals surface area (Å²) in [7, 11) is 1.72. The molecule has 0 radical (unpaired) electrons. The molecular weight excluding hydrogens is 314 g/mol. The fraction of sp³-hybridized carbons (Fsp3) is 0.450. The van der Waals surface area contributed by atoms with Gasteiger partial charge in [0.25, 0.3) is 0 Å². The first-order valence-electron chi connectivity index (χ1n) is 8.80. The third kappa shape index (κ3) is 4.50. The lowest BCUT2D eigenvalue weighted by Crippen LogP contribution is -2.36. The molecule has 1 N–H and O–H groups in total. The molecule has 0 unspecified atom stereocenters. The zero-order chi connectivity index (χ0) is 17.6. The van der Waals surface area contributed by atoms with Crippen LogP contribution in [-0.2, 0) is 17.8 Å². The van der Waals surface area contributed by atoms with E-state index in [4.69, 9.17) is 9.47 Å². The second-order valence-corrected chi connectivity index (χ2v) is 6.49. The molecule has 0 spiro atoms. The van der Waals surface area contributed by atoms with Gasteiger partial charge < -0.3 is 19.7 Å². The largest absolute Gasteiger partial charge is 0.496 e. The van der Waals surface area contributed by atoms with E-state index >= 15 is 0 Å². The normalized spacial score (nSPS) is 14.6. The molecule has 2 aromatic rings. The van der Waals surface area contributed by atoms with Crippen LogP contribution in [0.1, 0.15) is 22.3 Å². The predicted molar refractivity (Wildman–Crippen MR) is 100 cm³/mol. The molecule has 5 heteroatoms. The molecule has 25 heavy (non-hydrogen) atoms. The van der Waals surface area contributed by atoms with Crippen LogP contribution in [0.4, 0.5) is 5.82 Å². The standard InChI is InChI=1S/C20H27N3O2/c1-15-10-18(11-16(2)20(15)24-3)14-21-13-17-4-5-22-19(12-17)23-6-8-25-9-7-23/h4-5,10-12,21H,6-9,13-14H2,1-3H3. The Morgan fingerprint density at radius 3 is 2.44 bits per heavy atom. The summed E-state index contributed by atoms with van der Waals surface area (Å²) in [6, 6.07) is 8.61. The SMILES string of the molecule is COc1c(C)cc(CNCc2ccnc(N3CCOCC3)c2)cc1C. The van der Waals surface area contributed by atoms with Gasteiger partial charge in [0.2, 0.25) is 0 Å². The van der Waals surface area contributed by atoms with E-state index < -0.39 is 0 Å². The van der Waals surface area contributed by atoms with Crippen molar-refractivity contribution in [3.05, 3.63) is 52.7 Å². The molecule has 0 aliphatic carbocycles. The van der Waals surface area contributed by atoms with Crippen LogP contribution in [-0.4, -0.2) is 38.4 Å². The Labute approximate surface area is 150 Å². The highest BCUT2D eigenvalue weighted by Crippen LogP contribution is 2.24. The summed E-state index contributed by atoms with van der Waals surface area (Å²) in [5.74, 6) is 2.02. The monoisotopic (exact) mass is 341 g/mol. The number of rotatable bonds is 6. The molecule has 5 nitrogen and oxygen atoms in total. The second-order valence-electron chi connectivity index (χ2n) is 6.49. The lowest BCUT2D eigenvalue weighted by Gasteiger charge is -2.28. The summed E-state index contributed by atoms with van der Waals surface area (Å²) in [4.78, 5) is 6.78. The average molecular weight is 341 g/mol. The van der Waals surface area contributed by atoms with Crippen molar-refractivity contribution < 1.29 is 9.47 Å². The number of nitrogens with one attached hydrogen (secondary N) is 1. The second kappa shape index (κ2) is 8.32. The van der Waals surface area contributed by atoms with Crippen molar-refractivity contribution in [1.29, 1.82) is 0 Å². The number of aromatic nitrogens is 1. The van der Waals surface area contributed by atoms with Crippen molar-refractivity contribution in [3.63, 3.8) is 0 Å². The van der Waals surface area contributed by atoms with Gasteiger partial charge in [-0.15, -0.1) is 0 Å². The molecule has 0 saturated carbocycles. The molecule has 1 aromatic carbocycles. The van der Waals surface area contributed by atoms with Gasteiger partial charge in [-0.2, -0.15) is 0 Å². The Morgan fingerprint density at radius 1 is 1.08 bits per heavy atom. The fourth-order valence-corrected chi connectivity index (χ4v) is 3.35. The van der Waals surface area contributed by atoms with E-state index in [-0.39, 0.29) is 0 Å². The van der Waals surface area contributed by atoms with Gasteiger partial charge in [-0.05, 0) is 48.2 Å². The number of methoxy groups -OCH3 is 1. The number of anilines is 1. The number of hydrogen-bond donors (Lipinski definition) is 1. The van der Waals surface area contributed by atoms with E-state index in [1.54, 1.807) is 7.11 Å². The lowest BCUT2D eigenvalue weighted by atomic mass is 10.1. The molecule has 1 aliphatic heterocycles. The molecule has 1 saturated heterocycles. The van der Waals surface area contributed by atoms with Crippen molar-refractivity contribution in [2.45, 2.75) is 26.9 Å². The van der Waals surface area contributed by atoms with Crippen molar-refractivity contribution in [2.24, 2.45) is 0 Å². The summed E-state index contributed by atoms with van der Waals surface area (Å²) in [6.07, 6.45) is 1.89. The van der Waals surface area contributed by atoms with Crippen LogP contribution < -0.4 is 15.0 Å². The zero-order valence-electron chi connectivity index (χ0n) is 15.3. The smallest absolute Gasteiger partial charge is 0.128 e. The van der Waals surface area contributed by atoms with Gasteiger partial charge in [0, 0.05) is 32.4 Å². The predicted octanol–water partition coefficient (Wildman–Crippen LogP) is 2.83. The number of hydrogen-bond acceptors (Lipinski definition) is 5. The Balaban J connectivity index is 1.59. The van der Waals surface area contributed by atoms with Crippen molar-refractivity contribution in [1.82, 2.24) is 10.3 Å². The Kier molecular flexibility index (Phi) is 5.89. The van der Waals surface area contributed by atoms with Gasteiger partial charge in [-0.1, -0.05) is 12.1 Å². The van der Waals surface area contributed by atoms with Gasteiger partial charge in [-0.3, -0.25) is 0 Å². The Bertz CT molecular complexity index is 689. The topological polar surface area (TPSA) is 46.6 Å². The van der Waals surface area contributed by atoms with Gasteiger partial charge >= 0.3 is 0 Å². The van der Waals surface area contributed by atoms with Crippen molar-refractivity contribution in [3.8, 4) is 5.75 Å². The maximum atomic E-state index is 5.43. The first-order chi connectivity index (χ1) is 12.2. The van der Waals surface area contributed by atoms with Crippen LogP contribution in [0, 0.1) is 13.8 Å². The minimum Gasteiger partial charge on any atom is -0.496 e. The van der Waals surface area contributed by atoms with E-state index in [9.17, 15) is 0 Å². The summed E-state index contributed by atoms with van der Waals surface area (Å²) in [5.41, 5.74) is 4.88. The maximum Gasteiger partial charge on any atom is 0.128 e. The summed E-state index contributed by atoms with van der Waals surface area (Å²) in [6.45, 7) is 9.22. The number of aryl methyl sites for hydroxylation is 2. The summed E-state index contributed by atoms with van der Waals surface area (Å²) in [5, 5.41) is 3.53. The molecule has 1 aromatic heterocycles. The molecule has 134 valence electrons. The number of benzene rings is 1. The van der Waals surface area contributed by atoms with Crippen LogP contribution in [0.2, 0.25) is 0 Å². The van der Waals surface area contributed by atoms with Crippen LogP contribution in [0.25, 0.3) is 0 Å². The molecule has 3 rings (SSSR count). The maximum absolute atomic E-state index is 5.43. The van der Waals surface area contributed by atoms with Crippen LogP contribution in [0.3, 0.4) is 0 Å². The number of nitrogens with zero attached hydrogens (tertiary/aromatic N) is 2. The number of morpholine rings is 1. The van der Waals surface area contributed by atoms with Gasteiger partial charge in [0.05, 0.1) is 20.3 Å². The third-order valence-corrected chi connectivity index (χ3v) is 4.53. The van der Waals surface area contributed by atoms with Crippen molar-refractivity contribution >= 4 is 5.82 Å². The number of pyridine rings is 1. The van der Waals surface area contributed by atoms with Crippen molar-refractivity contribution in [2.75, 3.05) is 38.3 Å². The van der Waals surface area contributed by atoms with E-state index in [0.717, 1.165) is 51.0 Å². The molecular formula is C20H27N3O2. The minimum atomic E-state index is 0.778. The molecule has 0 amide bonds. The average Bonchev–Trinajstić information content (AvgIpc) is 2.63. The molecule has 0 atom stereocenters. The highest BCUT2D eigenvalue weighted by molar-refractivity contribution is 5.43. The minimum absolute atomic E-state index is 0.778. The van der Waals surface area contributed by atoms with Crippen LogP contribution >= 0.6 is 0 Å². The summed E-state index contributed by atoms with van der Waals surface area (Å²) >= 11 is 0. The van der Waals surface area contributed by atoms with Gasteiger partial charge in [0.1, 0.15) is 11.6 Å². The first kappa shape index (κ1) is 17.7. The number of ether oxygens (including phenoxy) is 2. The highest BCUT2D eigenvalue weighted by Gasteiger charge is 2.12. The highest BCUT2D eigenvalue weighted by atomic mass is 16.5. The fourth-order valence-electron chi connectivity index (χ4n) is 3.35.